The standard InChI is InChI=1S/C17H24N4OS/c1-3-15-18-16(23-19-15)20(2)12-17(22)9-10-21(13-17)11-14-7-5-4-6-8-14/h4-8,22H,3,9-13H2,1-2H3. The number of likely N-dealkylation sites (tertiary alicyclic amines) is 1. The van der Waals surface area contributed by atoms with Gasteiger partial charge in [-0.3, -0.25) is 4.90 Å². The normalized spacial score (nSPS) is 21.7. The first-order valence-corrected chi connectivity index (χ1v) is 8.88. The summed E-state index contributed by atoms with van der Waals surface area (Å²) in [6.45, 7) is 5.17. The van der Waals surface area contributed by atoms with E-state index < -0.39 is 5.60 Å². The molecule has 1 fully saturated rings. The Bertz CT molecular complexity index is 633. The van der Waals surface area contributed by atoms with Crippen LogP contribution >= 0.6 is 11.5 Å². The summed E-state index contributed by atoms with van der Waals surface area (Å²) in [5.41, 5.74) is 0.614. The van der Waals surface area contributed by atoms with E-state index in [1.54, 1.807) is 0 Å². The molecule has 23 heavy (non-hydrogen) atoms. The predicted molar refractivity (Wildman–Crippen MR) is 93.8 cm³/mol. The number of benzene rings is 1. The molecule has 1 saturated heterocycles. The van der Waals surface area contributed by atoms with Crippen LogP contribution in [0.2, 0.25) is 0 Å². The third-order valence-electron chi connectivity index (χ3n) is 4.29. The Morgan fingerprint density at radius 1 is 1.35 bits per heavy atom. The van der Waals surface area contributed by atoms with Crippen molar-refractivity contribution in [3.63, 3.8) is 0 Å². The number of nitrogens with zero attached hydrogens (tertiary/aromatic N) is 4. The molecule has 1 unspecified atom stereocenters. The summed E-state index contributed by atoms with van der Waals surface area (Å²) in [7, 11) is 1.98. The zero-order chi connectivity index (χ0) is 16.3. The van der Waals surface area contributed by atoms with E-state index in [0.29, 0.717) is 13.1 Å². The van der Waals surface area contributed by atoms with E-state index in [2.05, 4.69) is 45.4 Å². The first-order chi connectivity index (χ1) is 11.1. The summed E-state index contributed by atoms with van der Waals surface area (Å²) >= 11 is 1.41. The molecule has 6 heteroatoms. The molecule has 0 saturated carbocycles. The van der Waals surface area contributed by atoms with Crippen molar-refractivity contribution in [3.8, 4) is 0 Å². The molecule has 1 atom stereocenters. The van der Waals surface area contributed by atoms with Crippen molar-refractivity contribution in [3.05, 3.63) is 41.7 Å². The van der Waals surface area contributed by atoms with Gasteiger partial charge in [0.2, 0.25) is 5.13 Å². The van der Waals surface area contributed by atoms with E-state index in [1.807, 2.05) is 18.0 Å². The highest BCUT2D eigenvalue weighted by atomic mass is 32.1. The molecule has 2 aromatic rings. The van der Waals surface area contributed by atoms with Crippen LogP contribution in [0.3, 0.4) is 0 Å². The average Bonchev–Trinajstić information content (AvgIpc) is 3.15. The molecule has 124 valence electrons. The molecule has 5 nitrogen and oxygen atoms in total. The Labute approximate surface area is 141 Å². The van der Waals surface area contributed by atoms with Gasteiger partial charge in [0.25, 0.3) is 0 Å². The van der Waals surface area contributed by atoms with E-state index in [1.165, 1.54) is 17.1 Å². The Morgan fingerprint density at radius 3 is 2.83 bits per heavy atom. The molecule has 2 heterocycles. The van der Waals surface area contributed by atoms with Crippen molar-refractivity contribution < 1.29 is 5.11 Å². The third kappa shape index (κ3) is 4.07. The number of hydrogen-bond donors (Lipinski definition) is 1. The van der Waals surface area contributed by atoms with Crippen LogP contribution in [0.5, 0.6) is 0 Å². The van der Waals surface area contributed by atoms with Crippen LogP contribution in [0, 0.1) is 0 Å². The summed E-state index contributed by atoms with van der Waals surface area (Å²) in [6.07, 6.45) is 1.64. The molecule has 0 bridgehead atoms. The average molecular weight is 332 g/mol. The first-order valence-electron chi connectivity index (χ1n) is 8.10. The van der Waals surface area contributed by atoms with Gasteiger partial charge in [0.05, 0.1) is 5.60 Å². The second-order valence-corrected chi connectivity index (χ2v) is 7.10. The van der Waals surface area contributed by atoms with Crippen molar-refractivity contribution >= 4 is 16.7 Å². The molecule has 3 rings (SSSR count). The quantitative estimate of drug-likeness (QED) is 0.879. The molecule has 1 aliphatic heterocycles. The van der Waals surface area contributed by atoms with Crippen molar-refractivity contribution in [1.29, 1.82) is 0 Å². The number of hydrogen-bond acceptors (Lipinski definition) is 6. The van der Waals surface area contributed by atoms with Gasteiger partial charge in [-0.05, 0) is 12.0 Å². The van der Waals surface area contributed by atoms with Gasteiger partial charge in [0.1, 0.15) is 5.82 Å². The summed E-state index contributed by atoms with van der Waals surface area (Å²) in [6, 6.07) is 10.4. The molecular formula is C17H24N4OS. The van der Waals surface area contributed by atoms with Gasteiger partial charge in [-0.2, -0.15) is 4.37 Å². The zero-order valence-electron chi connectivity index (χ0n) is 13.8. The highest BCUT2D eigenvalue weighted by Crippen LogP contribution is 2.26. The fraction of sp³-hybridized carbons (Fsp3) is 0.529. The second-order valence-electron chi connectivity index (χ2n) is 6.37. The molecule has 1 aliphatic rings. The molecule has 0 spiro atoms. The number of rotatable bonds is 6. The van der Waals surface area contributed by atoms with E-state index >= 15 is 0 Å². The largest absolute Gasteiger partial charge is 0.387 e. The minimum Gasteiger partial charge on any atom is -0.387 e. The predicted octanol–water partition coefficient (Wildman–Crippen LogP) is 2.17. The van der Waals surface area contributed by atoms with Gasteiger partial charge >= 0.3 is 0 Å². The maximum atomic E-state index is 10.9. The molecule has 0 amide bonds. The number of anilines is 1. The lowest BCUT2D eigenvalue weighted by Gasteiger charge is -2.28. The van der Waals surface area contributed by atoms with Gasteiger partial charge in [-0.25, -0.2) is 4.98 Å². The summed E-state index contributed by atoms with van der Waals surface area (Å²) in [5.74, 6) is 0.876. The number of aryl methyl sites for hydroxylation is 1. The lowest BCUT2D eigenvalue weighted by Crippen LogP contribution is -2.43. The summed E-state index contributed by atoms with van der Waals surface area (Å²) in [5, 5.41) is 11.8. The highest BCUT2D eigenvalue weighted by molar-refractivity contribution is 7.09. The maximum absolute atomic E-state index is 10.9. The molecule has 1 aromatic heterocycles. The molecular weight excluding hydrogens is 308 g/mol. The summed E-state index contributed by atoms with van der Waals surface area (Å²) < 4.78 is 4.32. The maximum Gasteiger partial charge on any atom is 0.205 e. The Morgan fingerprint density at radius 2 is 2.13 bits per heavy atom. The topological polar surface area (TPSA) is 52.5 Å². The van der Waals surface area contributed by atoms with E-state index in [4.69, 9.17) is 0 Å². The monoisotopic (exact) mass is 332 g/mol. The van der Waals surface area contributed by atoms with Crippen LogP contribution in [0.15, 0.2) is 30.3 Å². The Kier molecular flexibility index (Phi) is 4.94. The second kappa shape index (κ2) is 6.95. The van der Waals surface area contributed by atoms with Crippen molar-refractivity contribution in [2.75, 3.05) is 31.6 Å². The molecule has 1 N–H and O–H groups in total. The van der Waals surface area contributed by atoms with Crippen LogP contribution < -0.4 is 4.90 Å². The Balaban J connectivity index is 1.57. The molecule has 0 aliphatic carbocycles. The molecule has 0 radical (unpaired) electrons. The zero-order valence-corrected chi connectivity index (χ0v) is 14.6. The van der Waals surface area contributed by atoms with E-state index in [9.17, 15) is 5.11 Å². The minimum absolute atomic E-state index is 0.594. The van der Waals surface area contributed by atoms with Crippen LogP contribution in [0.1, 0.15) is 24.7 Å². The van der Waals surface area contributed by atoms with Crippen LogP contribution in [0.25, 0.3) is 0 Å². The fourth-order valence-corrected chi connectivity index (χ4v) is 3.81. The van der Waals surface area contributed by atoms with Gasteiger partial charge in [-0.15, -0.1) is 0 Å². The third-order valence-corrected chi connectivity index (χ3v) is 5.16. The van der Waals surface area contributed by atoms with Gasteiger partial charge in [0.15, 0.2) is 0 Å². The van der Waals surface area contributed by atoms with Crippen molar-refractivity contribution in [1.82, 2.24) is 14.3 Å². The Hall–Kier alpha value is -1.50. The van der Waals surface area contributed by atoms with Crippen LogP contribution in [0.4, 0.5) is 5.13 Å². The van der Waals surface area contributed by atoms with Gasteiger partial charge < -0.3 is 10.0 Å². The van der Waals surface area contributed by atoms with Gasteiger partial charge in [0, 0.05) is 51.2 Å². The number of likely N-dealkylation sites (N-methyl/N-ethyl adjacent to an activating group) is 1. The van der Waals surface area contributed by atoms with Crippen LogP contribution in [-0.4, -0.2) is 51.6 Å². The number of β-amino-alcohol motifs (C(OH)–C–C–N with tert-alkyl or cyclic N) is 1. The minimum atomic E-state index is -0.679. The number of aliphatic hydroxyl groups is 1. The first kappa shape index (κ1) is 16.4. The lowest BCUT2D eigenvalue weighted by atomic mass is 10.0. The van der Waals surface area contributed by atoms with Crippen molar-refractivity contribution in [2.45, 2.75) is 31.9 Å². The highest BCUT2D eigenvalue weighted by Gasteiger charge is 2.37. The number of aromatic nitrogens is 2. The van der Waals surface area contributed by atoms with Crippen molar-refractivity contribution in [2.24, 2.45) is 0 Å². The smallest absolute Gasteiger partial charge is 0.205 e. The van der Waals surface area contributed by atoms with Crippen LogP contribution in [-0.2, 0) is 13.0 Å². The van der Waals surface area contributed by atoms with E-state index in [-0.39, 0.29) is 0 Å². The molecule has 1 aromatic carbocycles. The lowest BCUT2D eigenvalue weighted by molar-refractivity contribution is 0.0562. The SMILES string of the molecule is CCc1nsc(N(C)CC2(O)CCN(Cc3ccccc3)C2)n1. The summed E-state index contributed by atoms with van der Waals surface area (Å²) in [4.78, 5) is 8.85. The van der Waals surface area contributed by atoms with E-state index in [0.717, 1.165) is 36.9 Å². The van der Waals surface area contributed by atoms with Gasteiger partial charge in [-0.1, -0.05) is 37.3 Å². The fourth-order valence-electron chi connectivity index (χ4n) is 3.10.